The van der Waals surface area contributed by atoms with Crippen LogP contribution in [0.4, 0.5) is 0 Å². The van der Waals surface area contributed by atoms with E-state index in [-0.39, 0.29) is 11.9 Å². The molecule has 25 heavy (non-hydrogen) atoms. The molecule has 5 nitrogen and oxygen atoms in total. The standard InChI is InChI=1S/C19H24N2O3S/c1-5-10-24-16-9-8-14(12-17(16)23-4)19(22)20-13-15(21(2)3)18-7-6-11-25-18/h5-9,11-12,15H,1,10,13H2,2-4H3,(H,20,22). The van der Waals surface area contributed by atoms with Crippen LogP contribution in [0, 0.1) is 0 Å². The molecule has 1 amide bonds. The maximum Gasteiger partial charge on any atom is 0.251 e. The first-order chi connectivity index (χ1) is 12.1. The van der Waals surface area contributed by atoms with Gasteiger partial charge in [-0.2, -0.15) is 0 Å². The van der Waals surface area contributed by atoms with Gasteiger partial charge in [0.05, 0.1) is 13.2 Å². The van der Waals surface area contributed by atoms with Crippen molar-refractivity contribution in [3.8, 4) is 11.5 Å². The number of carbonyl (C=O) groups is 1. The van der Waals surface area contributed by atoms with Gasteiger partial charge in [-0.3, -0.25) is 4.79 Å². The van der Waals surface area contributed by atoms with E-state index in [9.17, 15) is 4.79 Å². The van der Waals surface area contributed by atoms with Crippen molar-refractivity contribution >= 4 is 17.2 Å². The molecule has 0 saturated heterocycles. The van der Waals surface area contributed by atoms with Gasteiger partial charge in [-0.05, 0) is 43.7 Å². The predicted octanol–water partition coefficient (Wildman–Crippen LogP) is 3.35. The number of benzene rings is 1. The average molecular weight is 360 g/mol. The first-order valence-electron chi connectivity index (χ1n) is 7.96. The summed E-state index contributed by atoms with van der Waals surface area (Å²) in [6.45, 7) is 4.53. The lowest BCUT2D eigenvalue weighted by Crippen LogP contribution is -2.34. The summed E-state index contributed by atoms with van der Waals surface area (Å²) in [6, 6.07) is 9.39. The van der Waals surface area contributed by atoms with Gasteiger partial charge < -0.3 is 19.7 Å². The van der Waals surface area contributed by atoms with Gasteiger partial charge in [-0.1, -0.05) is 18.7 Å². The number of amides is 1. The fourth-order valence-electron chi connectivity index (χ4n) is 2.39. The van der Waals surface area contributed by atoms with Crippen molar-refractivity contribution in [3.63, 3.8) is 0 Å². The van der Waals surface area contributed by atoms with Crippen molar-refractivity contribution in [3.05, 3.63) is 58.8 Å². The van der Waals surface area contributed by atoms with Crippen molar-refractivity contribution in [2.75, 3.05) is 34.4 Å². The molecule has 1 heterocycles. The van der Waals surface area contributed by atoms with E-state index in [1.165, 1.54) is 4.88 Å². The number of rotatable bonds is 9. The molecule has 1 atom stereocenters. The summed E-state index contributed by atoms with van der Waals surface area (Å²) in [5.74, 6) is 0.970. The summed E-state index contributed by atoms with van der Waals surface area (Å²) in [5, 5.41) is 5.04. The lowest BCUT2D eigenvalue weighted by Gasteiger charge is -2.23. The highest BCUT2D eigenvalue weighted by atomic mass is 32.1. The van der Waals surface area contributed by atoms with Crippen LogP contribution in [0.3, 0.4) is 0 Å². The number of methoxy groups -OCH3 is 1. The van der Waals surface area contributed by atoms with E-state index in [2.05, 4.69) is 22.9 Å². The minimum atomic E-state index is -0.142. The molecule has 0 aliphatic heterocycles. The number of likely N-dealkylation sites (N-methyl/N-ethyl adjacent to an activating group) is 1. The highest BCUT2D eigenvalue weighted by Crippen LogP contribution is 2.28. The normalized spacial score (nSPS) is 11.8. The van der Waals surface area contributed by atoms with Gasteiger partial charge in [0.15, 0.2) is 11.5 Å². The number of nitrogens with one attached hydrogen (secondary N) is 1. The summed E-state index contributed by atoms with van der Waals surface area (Å²) < 4.78 is 10.8. The third-order valence-electron chi connectivity index (χ3n) is 3.73. The second-order valence-electron chi connectivity index (χ2n) is 5.67. The molecular weight excluding hydrogens is 336 g/mol. The van der Waals surface area contributed by atoms with Crippen LogP contribution >= 0.6 is 11.3 Å². The molecule has 2 aromatic rings. The molecular formula is C19H24N2O3S. The molecule has 1 unspecified atom stereocenters. The van der Waals surface area contributed by atoms with Gasteiger partial charge in [0.2, 0.25) is 0 Å². The fourth-order valence-corrected chi connectivity index (χ4v) is 3.31. The predicted molar refractivity (Wildman–Crippen MR) is 102 cm³/mol. The van der Waals surface area contributed by atoms with Gasteiger partial charge in [-0.15, -0.1) is 11.3 Å². The molecule has 0 aliphatic carbocycles. The minimum absolute atomic E-state index is 0.140. The van der Waals surface area contributed by atoms with E-state index in [1.54, 1.807) is 42.7 Å². The number of thiophene rings is 1. The minimum Gasteiger partial charge on any atom is -0.493 e. The maximum absolute atomic E-state index is 12.5. The third-order valence-corrected chi connectivity index (χ3v) is 4.71. The van der Waals surface area contributed by atoms with Gasteiger partial charge in [0, 0.05) is 17.0 Å². The summed E-state index contributed by atoms with van der Waals surface area (Å²) >= 11 is 1.68. The van der Waals surface area contributed by atoms with Crippen LogP contribution in [0.2, 0.25) is 0 Å². The molecule has 0 aliphatic rings. The average Bonchev–Trinajstić information content (AvgIpc) is 3.13. The monoisotopic (exact) mass is 360 g/mol. The van der Waals surface area contributed by atoms with Crippen LogP contribution in [0.1, 0.15) is 21.3 Å². The van der Waals surface area contributed by atoms with Crippen molar-refractivity contribution < 1.29 is 14.3 Å². The third kappa shape index (κ3) is 5.08. The van der Waals surface area contributed by atoms with Crippen LogP contribution in [0.5, 0.6) is 11.5 Å². The van der Waals surface area contributed by atoms with Crippen LogP contribution in [-0.2, 0) is 0 Å². The Hall–Kier alpha value is -2.31. The highest BCUT2D eigenvalue weighted by molar-refractivity contribution is 7.10. The van der Waals surface area contributed by atoms with Gasteiger partial charge >= 0.3 is 0 Å². The highest BCUT2D eigenvalue weighted by Gasteiger charge is 2.17. The molecule has 0 saturated carbocycles. The Balaban J connectivity index is 2.06. The number of nitrogens with zero attached hydrogens (tertiary/aromatic N) is 1. The molecule has 134 valence electrons. The summed E-state index contributed by atoms with van der Waals surface area (Å²) in [5.41, 5.74) is 0.534. The van der Waals surface area contributed by atoms with Crippen molar-refractivity contribution in [2.24, 2.45) is 0 Å². The fraction of sp³-hybridized carbons (Fsp3) is 0.316. The van der Waals surface area contributed by atoms with Crippen LogP contribution in [-0.4, -0.2) is 45.2 Å². The maximum atomic E-state index is 12.5. The molecule has 0 bridgehead atoms. The second kappa shape index (κ2) is 9.25. The molecule has 1 N–H and O–H groups in total. The van der Waals surface area contributed by atoms with Crippen molar-refractivity contribution in [2.45, 2.75) is 6.04 Å². The van der Waals surface area contributed by atoms with Crippen LogP contribution in [0.25, 0.3) is 0 Å². The lowest BCUT2D eigenvalue weighted by molar-refractivity contribution is 0.0942. The van der Waals surface area contributed by atoms with E-state index >= 15 is 0 Å². The van der Waals surface area contributed by atoms with E-state index in [0.29, 0.717) is 30.2 Å². The van der Waals surface area contributed by atoms with E-state index in [1.807, 2.05) is 25.5 Å². The van der Waals surface area contributed by atoms with Gasteiger partial charge in [-0.25, -0.2) is 0 Å². The van der Waals surface area contributed by atoms with Crippen molar-refractivity contribution in [1.82, 2.24) is 10.2 Å². The number of ether oxygens (including phenoxy) is 2. The van der Waals surface area contributed by atoms with Gasteiger partial charge in [0.25, 0.3) is 5.91 Å². The zero-order chi connectivity index (χ0) is 18.2. The molecule has 0 fully saturated rings. The summed E-state index contributed by atoms with van der Waals surface area (Å²) in [6.07, 6.45) is 1.66. The zero-order valence-electron chi connectivity index (χ0n) is 14.8. The SMILES string of the molecule is C=CCOc1ccc(C(=O)NCC(c2cccs2)N(C)C)cc1OC. The molecule has 6 heteroatoms. The first-order valence-corrected chi connectivity index (χ1v) is 8.84. The molecule has 2 rings (SSSR count). The molecule has 1 aromatic carbocycles. The smallest absolute Gasteiger partial charge is 0.251 e. The van der Waals surface area contributed by atoms with Crippen LogP contribution in [0.15, 0.2) is 48.4 Å². The summed E-state index contributed by atoms with van der Waals surface area (Å²) in [7, 11) is 5.56. The largest absolute Gasteiger partial charge is 0.493 e. The molecule has 1 aromatic heterocycles. The van der Waals surface area contributed by atoms with E-state index in [4.69, 9.17) is 9.47 Å². The van der Waals surface area contributed by atoms with Crippen LogP contribution < -0.4 is 14.8 Å². The Morgan fingerprint density at radius 3 is 2.76 bits per heavy atom. The quantitative estimate of drug-likeness (QED) is 0.697. The van der Waals surface area contributed by atoms with Crippen molar-refractivity contribution in [1.29, 1.82) is 0 Å². The molecule has 0 radical (unpaired) electrons. The Kier molecular flexibility index (Phi) is 7.03. The first kappa shape index (κ1) is 19.0. The van der Waals surface area contributed by atoms with E-state index in [0.717, 1.165) is 0 Å². The number of hydrogen-bond donors (Lipinski definition) is 1. The number of hydrogen-bond acceptors (Lipinski definition) is 5. The van der Waals surface area contributed by atoms with Gasteiger partial charge in [0.1, 0.15) is 6.61 Å². The lowest BCUT2D eigenvalue weighted by atomic mass is 10.1. The topological polar surface area (TPSA) is 50.8 Å². The zero-order valence-corrected chi connectivity index (χ0v) is 15.6. The Bertz CT molecular complexity index is 699. The molecule has 0 spiro atoms. The van der Waals surface area contributed by atoms with E-state index < -0.39 is 0 Å². The Labute approximate surface area is 152 Å². The Morgan fingerprint density at radius 1 is 1.36 bits per heavy atom. The number of carbonyl (C=O) groups excluding carboxylic acids is 1. The summed E-state index contributed by atoms with van der Waals surface area (Å²) in [4.78, 5) is 15.8. The Morgan fingerprint density at radius 2 is 2.16 bits per heavy atom. The second-order valence-corrected chi connectivity index (χ2v) is 6.65.